The lowest BCUT2D eigenvalue weighted by Gasteiger charge is -2.11. The molecule has 0 saturated heterocycles. The number of carbonyl (C=O) groups is 1. The first-order valence-corrected chi connectivity index (χ1v) is 5.45. The molecule has 0 atom stereocenters. The van der Waals surface area contributed by atoms with Crippen molar-refractivity contribution >= 4 is 18.9 Å². The van der Waals surface area contributed by atoms with E-state index in [1.165, 1.54) is 12.1 Å². The monoisotopic (exact) mass is 232 g/mol. The summed E-state index contributed by atoms with van der Waals surface area (Å²) in [5.74, 6) is -1.61. The zero-order valence-electron chi connectivity index (χ0n) is 7.75. The van der Waals surface area contributed by atoms with E-state index in [1.807, 2.05) is 0 Å². The minimum atomic E-state index is -4.53. The van der Waals surface area contributed by atoms with Crippen molar-refractivity contribution < 1.29 is 29.0 Å². The minimum Gasteiger partial charge on any atom is -0.495 e. The molecule has 0 unspecified atom stereocenters. The van der Waals surface area contributed by atoms with E-state index in [2.05, 4.69) is 0 Å². The number of hydrogen-bond donors (Lipinski definition) is 3. The van der Waals surface area contributed by atoms with Crippen LogP contribution in [0.25, 0.3) is 0 Å². The van der Waals surface area contributed by atoms with Crippen molar-refractivity contribution in [1.29, 1.82) is 0 Å². The van der Waals surface area contributed by atoms with Crippen molar-refractivity contribution in [2.75, 3.05) is 7.11 Å². The lowest BCUT2D eigenvalue weighted by atomic mass is 10.2. The Morgan fingerprint density at radius 1 is 1.40 bits per heavy atom. The molecule has 0 amide bonds. The molecule has 6 nitrogen and oxygen atoms in total. The largest absolute Gasteiger partial charge is 0.495 e. The Labute approximate surface area is 85.3 Å². The Morgan fingerprint density at radius 3 is 2.40 bits per heavy atom. The molecule has 0 saturated carbocycles. The zero-order valence-corrected chi connectivity index (χ0v) is 8.64. The van der Waals surface area contributed by atoms with Crippen LogP contribution in [0.4, 0.5) is 0 Å². The number of benzene rings is 1. The van der Waals surface area contributed by atoms with Crippen LogP contribution in [-0.4, -0.2) is 28.0 Å². The van der Waals surface area contributed by atoms with Crippen molar-refractivity contribution in [3.05, 3.63) is 23.8 Å². The summed E-state index contributed by atoms with van der Waals surface area (Å²) in [4.78, 5) is 28.6. The van der Waals surface area contributed by atoms with Gasteiger partial charge in [0, 0.05) is 0 Å². The fourth-order valence-corrected chi connectivity index (χ4v) is 1.89. The predicted molar refractivity (Wildman–Crippen MR) is 51.6 cm³/mol. The highest BCUT2D eigenvalue weighted by Crippen LogP contribution is 2.38. The first-order chi connectivity index (χ1) is 6.88. The van der Waals surface area contributed by atoms with Gasteiger partial charge in [-0.2, -0.15) is 0 Å². The fraction of sp³-hybridized carbons (Fsp3) is 0.125. The van der Waals surface area contributed by atoms with Crippen LogP contribution in [0.15, 0.2) is 18.2 Å². The quantitative estimate of drug-likeness (QED) is 0.643. The van der Waals surface area contributed by atoms with Crippen molar-refractivity contribution in [3.8, 4) is 5.75 Å². The predicted octanol–water partition coefficient (Wildman–Crippen LogP) is 0.196. The lowest BCUT2D eigenvalue weighted by molar-refractivity contribution is 0.0693. The van der Waals surface area contributed by atoms with Crippen LogP contribution in [0.2, 0.25) is 0 Å². The van der Waals surface area contributed by atoms with Gasteiger partial charge in [-0.15, -0.1) is 0 Å². The maximum Gasteiger partial charge on any atom is 0.359 e. The molecule has 0 bridgehead atoms. The normalized spacial score (nSPS) is 11.1. The number of ether oxygens (including phenoxy) is 1. The second-order valence-electron chi connectivity index (χ2n) is 2.71. The van der Waals surface area contributed by atoms with Gasteiger partial charge in [-0.05, 0) is 12.1 Å². The third-order valence-electron chi connectivity index (χ3n) is 1.74. The van der Waals surface area contributed by atoms with Crippen LogP contribution in [0.5, 0.6) is 5.75 Å². The fourth-order valence-electron chi connectivity index (χ4n) is 1.14. The van der Waals surface area contributed by atoms with Crippen LogP contribution >= 0.6 is 7.60 Å². The molecule has 0 fully saturated rings. The van der Waals surface area contributed by atoms with Gasteiger partial charge in [0.05, 0.1) is 7.11 Å². The SMILES string of the molecule is COc1c(C(=O)O)cccc1P(=O)(O)O. The van der Waals surface area contributed by atoms with E-state index in [9.17, 15) is 9.36 Å². The number of aromatic carboxylic acids is 1. The molecule has 0 aliphatic rings. The maximum absolute atomic E-state index is 11.0. The van der Waals surface area contributed by atoms with Crippen molar-refractivity contribution in [1.82, 2.24) is 0 Å². The number of hydrogen-bond acceptors (Lipinski definition) is 3. The molecule has 0 aliphatic carbocycles. The highest BCUT2D eigenvalue weighted by Gasteiger charge is 2.26. The summed E-state index contributed by atoms with van der Waals surface area (Å²) in [5, 5.41) is 8.33. The van der Waals surface area contributed by atoms with E-state index in [0.29, 0.717) is 0 Å². The molecule has 0 aliphatic heterocycles. The van der Waals surface area contributed by atoms with E-state index >= 15 is 0 Å². The molecule has 3 N–H and O–H groups in total. The van der Waals surface area contributed by atoms with Gasteiger partial charge in [-0.25, -0.2) is 4.79 Å². The third kappa shape index (κ3) is 2.36. The second kappa shape index (κ2) is 4.02. The molecule has 0 aromatic heterocycles. The van der Waals surface area contributed by atoms with E-state index in [0.717, 1.165) is 13.2 Å². The van der Waals surface area contributed by atoms with Crippen LogP contribution < -0.4 is 10.0 Å². The summed E-state index contributed by atoms with van der Waals surface area (Å²) >= 11 is 0. The summed E-state index contributed by atoms with van der Waals surface area (Å²) in [6.45, 7) is 0. The third-order valence-corrected chi connectivity index (χ3v) is 2.72. The number of methoxy groups -OCH3 is 1. The van der Waals surface area contributed by atoms with Gasteiger partial charge in [0.25, 0.3) is 0 Å². The van der Waals surface area contributed by atoms with E-state index in [-0.39, 0.29) is 11.3 Å². The minimum absolute atomic E-state index is 0.279. The Bertz CT molecular complexity index is 435. The molecular formula is C8H9O6P. The molecule has 7 heteroatoms. The molecule has 1 rings (SSSR count). The molecule has 1 aromatic carbocycles. The highest BCUT2D eigenvalue weighted by molar-refractivity contribution is 7.60. The van der Waals surface area contributed by atoms with Crippen molar-refractivity contribution in [3.63, 3.8) is 0 Å². The first kappa shape index (κ1) is 11.7. The molecule has 0 radical (unpaired) electrons. The van der Waals surface area contributed by atoms with E-state index in [1.54, 1.807) is 0 Å². The molecule has 0 spiro atoms. The average Bonchev–Trinajstić information content (AvgIpc) is 2.15. The average molecular weight is 232 g/mol. The highest BCUT2D eigenvalue weighted by atomic mass is 31.2. The van der Waals surface area contributed by atoms with Gasteiger partial charge in [-0.3, -0.25) is 4.57 Å². The van der Waals surface area contributed by atoms with E-state index in [4.69, 9.17) is 19.6 Å². The van der Waals surface area contributed by atoms with Crippen LogP contribution in [0, 0.1) is 0 Å². The number of para-hydroxylation sites is 1. The molecule has 82 valence electrons. The summed E-state index contributed by atoms with van der Waals surface area (Å²) in [7, 11) is -3.37. The molecule has 1 aromatic rings. The number of carboxylic acid groups (broad SMARTS) is 1. The van der Waals surface area contributed by atoms with Crippen molar-refractivity contribution in [2.45, 2.75) is 0 Å². The smallest absolute Gasteiger partial charge is 0.359 e. The molecule has 15 heavy (non-hydrogen) atoms. The summed E-state index contributed by atoms with van der Waals surface area (Å²) in [6, 6.07) is 3.59. The van der Waals surface area contributed by atoms with Gasteiger partial charge in [0.1, 0.15) is 16.6 Å². The molecular weight excluding hydrogens is 223 g/mol. The van der Waals surface area contributed by atoms with Gasteiger partial charge in [0.2, 0.25) is 0 Å². The summed E-state index contributed by atoms with van der Waals surface area (Å²) < 4.78 is 15.7. The zero-order chi connectivity index (χ0) is 11.6. The van der Waals surface area contributed by atoms with E-state index < -0.39 is 18.9 Å². The van der Waals surface area contributed by atoms with Crippen LogP contribution in [0.1, 0.15) is 10.4 Å². The van der Waals surface area contributed by atoms with Crippen molar-refractivity contribution in [2.24, 2.45) is 0 Å². The Kier molecular flexibility index (Phi) is 3.14. The summed E-state index contributed by atoms with van der Waals surface area (Å²) in [6.07, 6.45) is 0. The Morgan fingerprint density at radius 2 is 2.00 bits per heavy atom. The maximum atomic E-state index is 11.0. The van der Waals surface area contributed by atoms with Crippen LogP contribution in [-0.2, 0) is 4.57 Å². The number of rotatable bonds is 3. The summed E-state index contributed by atoms with van der Waals surface area (Å²) in [5.41, 5.74) is -0.279. The Balaban J connectivity index is 3.49. The van der Waals surface area contributed by atoms with Crippen LogP contribution in [0.3, 0.4) is 0 Å². The Hall–Kier alpha value is -1.36. The van der Waals surface area contributed by atoms with Gasteiger partial charge < -0.3 is 19.6 Å². The number of carboxylic acids is 1. The molecule has 0 heterocycles. The van der Waals surface area contributed by atoms with Gasteiger partial charge >= 0.3 is 13.6 Å². The lowest BCUT2D eigenvalue weighted by Crippen LogP contribution is -2.13. The second-order valence-corrected chi connectivity index (χ2v) is 4.28. The standard InChI is InChI=1S/C8H9O6P/c1-14-7-5(8(9)10)3-2-4-6(7)15(11,12)13/h2-4H,1H3,(H,9,10)(H2,11,12,13). The topological polar surface area (TPSA) is 104 Å². The first-order valence-electron chi connectivity index (χ1n) is 3.84. The van der Waals surface area contributed by atoms with Gasteiger partial charge in [-0.1, -0.05) is 6.07 Å². The van der Waals surface area contributed by atoms with Gasteiger partial charge in [0.15, 0.2) is 0 Å².